The van der Waals surface area contributed by atoms with Gasteiger partial charge in [-0.1, -0.05) is 6.92 Å². The maximum absolute atomic E-state index is 11.4. The van der Waals surface area contributed by atoms with Crippen LogP contribution < -0.4 is 0 Å². The second-order valence-electron chi connectivity index (χ2n) is 2.95. The summed E-state index contributed by atoms with van der Waals surface area (Å²) in [5.74, 6) is 0.159. The van der Waals surface area contributed by atoms with Gasteiger partial charge >= 0.3 is 0 Å². The highest BCUT2D eigenvalue weighted by atomic mass is 32.2. The maximum atomic E-state index is 11.4. The van der Waals surface area contributed by atoms with Gasteiger partial charge in [-0.25, -0.2) is 8.42 Å². The largest absolute Gasteiger partial charge is 0.352 e. The molecule has 0 aliphatic rings. The first kappa shape index (κ1) is 13.9. The van der Waals surface area contributed by atoms with Crippen molar-refractivity contribution in [1.29, 1.82) is 0 Å². The summed E-state index contributed by atoms with van der Waals surface area (Å²) in [7, 11) is -3.03. The Bertz CT molecular complexity index is 217. The third kappa shape index (κ3) is 6.34. The van der Waals surface area contributed by atoms with Crippen LogP contribution in [0.2, 0.25) is 0 Å². The molecule has 0 aromatic carbocycles. The smallest absolute Gasteiger partial charge is 0.171 e. The van der Waals surface area contributed by atoms with Crippen molar-refractivity contribution in [3.8, 4) is 0 Å². The van der Waals surface area contributed by atoms with E-state index in [4.69, 9.17) is 9.47 Å². The molecule has 0 aromatic rings. The topological polar surface area (TPSA) is 52.6 Å². The first-order valence-electron chi connectivity index (χ1n) is 4.99. The van der Waals surface area contributed by atoms with Gasteiger partial charge < -0.3 is 9.47 Å². The van der Waals surface area contributed by atoms with Crippen molar-refractivity contribution < 1.29 is 17.9 Å². The minimum atomic E-state index is -3.03. The third-order valence-electron chi connectivity index (χ3n) is 1.61. The number of hydrogen-bond donors (Lipinski definition) is 0. The molecular weight excluding hydrogens is 204 g/mol. The van der Waals surface area contributed by atoms with Gasteiger partial charge in [-0.05, 0) is 20.3 Å². The van der Waals surface area contributed by atoms with E-state index >= 15 is 0 Å². The molecule has 14 heavy (non-hydrogen) atoms. The molecule has 0 N–H and O–H groups in total. The van der Waals surface area contributed by atoms with Crippen molar-refractivity contribution in [2.24, 2.45) is 0 Å². The third-order valence-corrected chi connectivity index (χ3v) is 3.42. The van der Waals surface area contributed by atoms with Crippen molar-refractivity contribution in [1.82, 2.24) is 0 Å². The fraction of sp³-hybridized carbons (Fsp3) is 1.00. The zero-order chi connectivity index (χ0) is 11.0. The summed E-state index contributed by atoms with van der Waals surface area (Å²) in [6, 6.07) is 0. The van der Waals surface area contributed by atoms with Crippen molar-refractivity contribution >= 4 is 9.84 Å². The van der Waals surface area contributed by atoms with Gasteiger partial charge in [0.2, 0.25) is 0 Å². The quantitative estimate of drug-likeness (QED) is 0.582. The number of sulfone groups is 1. The minimum Gasteiger partial charge on any atom is -0.352 e. The second-order valence-corrected chi connectivity index (χ2v) is 5.18. The molecule has 4 nitrogen and oxygen atoms in total. The highest BCUT2D eigenvalue weighted by Gasteiger charge is 2.18. The molecule has 0 amide bonds. The Kier molecular flexibility index (Phi) is 7.13. The van der Waals surface area contributed by atoms with Crippen LogP contribution in [0.3, 0.4) is 0 Å². The van der Waals surface area contributed by atoms with Gasteiger partial charge in [0.05, 0.1) is 5.75 Å². The van der Waals surface area contributed by atoms with Gasteiger partial charge in [-0.2, -0.15) is 0 Å². The molecule has 0 fully saturated rings. The van der Waals surface area contributed by atoms with Crippen LogP contribution in [0, 0.1) is 0 Å². The summed E-state index contributed by atoms with van der Waals surface area (Å²) < 4.78 is 33.2. The predicted octanol–water partition coefficient (Wildman–Crippen LogP) is 1.21. The van der Waals surface area contributed by atoms with E-state index in [1.54, 1.807) is 0 Å². The number of hydrogen-bond acceptors (Lipinski definition) is 4. The van der Waals surface area contributed by atoms with Gasteiger partial charge in [0.1, 0.15) is 5.75 Å². The number of ether oxygens (including phenoxy) is 2. The summed E-state index contributed by atoms with van der Waals surface area (Å²) in [6.45, 7) is 6.41. The van der Waals surface area contributed by atoms with E-state index in [2.05, 4.69) is 0 Å². The minimum absolute atomic E-state index is 0.0392. The Morgan fingerprint density at radius 1 is 1.07 bits per heavy atom. The monoisotopic (exact) mass is 224 g/mol. The van der Waals surface area contributed by atoms with E-state index in [1.165, 1.54) is 0 Å². The Morgan fingerprint density at radius 2 is 1.57 bits per heavy atom. The van der Waals surface area contributed by atoms with Gasteiger partial charge in [-0.15, -0.1) is 0 Å². The molecule has 0 saturated heterocycles. The highest BCUT2D eigenvalue weighted by molar-refractivity contribution is 7.91. The van der Waals surface area contributed by atoms with Crippen molar-refractivity contribution in [2.45, 2.75) is 33.5 Å². The molecule has 0 atom stereocenters. The molecular formula is C9H20O4S. The van der Waals surface area contributed by atoms with Crippen LogP contribution in [-0.4, -0.2) is 39.4 Å². The zero-order valence-electron chi connectivity index (χ0n) is 9.15. The molecule has 0 heterocycles. The Morgan fingerprint density at radius 3 is 1.93 bits per heavy atom. The second kappa shape index (κ2) is 7.20. The van der Waals surface area contributed by atoms with E-state index < -0.39 is 16.1 Å². The standard InChI is InChI=1S/C9H20O4S/c1-4-7-14(10,11)8-9(12-5-2)13-6-3/h9H,4-8H2,1-3H3. The summed E-state index contributed by atoms with van der Waals surface area (Å²) in [5, 5.41) is 0. The van der Waals surface area contributed by atoms with Gasteiger partial charge in [0.15, 0.2) is 16.1 Å². The molecule has 0 unspecified atom stereocenters. The fourth-order valence-corrected chi connectivity index (χ4v) is 2.51. The van der Waals surface area contributed by atoms with Crippen LogP contribution in [0.15, 0.2) is 0 Å². The molecule has 0 radical (unpaired) electrons. The van der Waals surface area contributed by atoms with Gasteiger partial charge in [-0.3, -0.25) is 0 Å². The van der Waals surface area contributed by atoms with Crippen LogP contribution in [0.25, 0.3) is 0 Å². The molecule has 0 spiro atoms. The van der Waals surface area contributed by atoms with Crippen LogP contribution in [0.5, 0.6) is 0 Å². The van der Waals surface area contributed by atoms with Crippen LogP contribution in [0.1, 0.15) is 27.2 Å². The first-order chi connectivity index (χ1) is 6.55. The van der Waals surface area contributed by atoms with Gasteiger partial charge in [0.25, 0.3) is 0 Å². The lowest BCUT2D eigenvalue weighted by molar-refractivity contribution is -0.120. The molecule has 0 saturated carbocycles. The summed E-state index contributed by atoms with van der Waals surface area (Å²) >= 11 is 0. The zero-order valence-corrected chi connectivity index (χ0v) is 9.97. The molecule has 0 aromatic heterocycles. The maximum Gasteiger partial charge on any atom is 0.171 e. The number of rotatable bonds is 8. The predicted molar refractivity (Wildman–Crippen MR) is 56.0 cm³/mol. The average molecular weight is 224 g/mol. The van der Waals surface area contributed by atoms with E-state index in [0.29, 0.717) is 19.6 Å². The lowest BCUT2D eigenvalue weighted by atomic mass is 10.6. The van der Waals surface area contributed by atoms with Crippen molar-refractivity contribution in [3.63, 3.8) is 0 Å². The van der Waals surface area contributed by atoms with E-state index in [1.807, 2.05) is 20.8 Å². The van der Waals surface area contributed by atoms with Crippen LogP contribution >= 0.6 is 0 Å². The normalized spacial score (nSPS) is 12.3. The molecule has 5 heteroatoms. The molecule has 0 aliphatic heterocycles. The van der Waals surface area contributed by atoms with Crippen LogP contribution in [-0.2, 0) is 19.3 Å². The average Bonchev–Trinajstić information content (AvgIpc) is 2.03. The molecule has 86 valence electrons. The van der Waals surface area contributed by atoms with E-state index in [-0.39, 0.29) is 11.5 Å². The summed E-state index contributed by atoms with van der Waals surface area (Å²) in [5.41, 5.74) is 0. The molecule has 0 aliphatic carbocycles. The van der Waals surface area contributed by atoms with Gasteiger partial charge in [0, 0.05) is 13.2 Å². The summed E-state index contributed by atoms with van der Waals surface area (Å²) in [4.78, 5) is 0. The lowest BCUT2D eigenvalue weighted by Gasteiger charge is -2.16. The fourth-order valence-electron chi connectivity index (χ4n) is 1.12. The Hall–Kier alpha value is -0.130. The molecule has 0 bridgehead atoms. The van der Waals surface area contributed by atoms with Crippen molar-refractivity contribution in [2.75, 3.05) is 24.7 Å². The Balaban J connectivity index is 4.13. The van der Waals surface area contributed by atoms with Crippen molar-refractivity contribution in [3.05, 3.63) is 0 Å². The first-order valence-corrected chi connectivity index (χ1v) is 6.81. The SMILES string of the molecule is CCCS(=O)(=O)CC(OCC)OCC. The highest BCUT2D eigenvalue weighted by Crippen LogP contribution is 2.03. The van der Waals surface area contributed by atoms with Crippen LogP contribution in [0.4, 0.5) is 0 Å². The van der Waals surface area contributed by atoms with E-state index in [0.717, 1.165) is 0 Å². The molecule has 0 rings (SSSR count). The van der Waals surface area contributed by atoms with E-state index in [9.17, 15) is 8.42 Å². The lowest BCUT2D eigenvalue weighted by Crippen LogP contribution is -2.28. The Labute approximate surface area is 86.5 Å². The summed E-state index contributed by atoms with van der Waals surface area (Å²) in [6.07, 6.45) is 0.0226.